The van der Waals surface area contributed by atoms with Gasteiger partial charge in [-0.1, -0.05) is 60.2 Å². The number of thioether (sulfide) groups is 1. The third kappa shape index (κ3) is 7.22. The molecule has 2 aromatic rings. The molecule has 0 saturated carbocycles. The van der Waals surface area contributed by atoms with Crippen LogP contribution in [0.4, 0.5) is 0 Å². The van der Waals surface area contributed by atoms with Gasteiger partial charge >= 0.3 is 5.97 Å². The molecule has 2 aromatic carbocycles. The number of nitrogens with zero attached hydrogens (tertiary/aromatic N) is 1. The number of amides is 1. The minimum Gasteiger partial charge on any atom is -0.493 e. The van der Waals surface area contributed by atoms with Crippen molar-refractivity contribution in [3.05, 3.63) is 63.5 Å². The molecule has 0 aliphatic carbocycles. The molecule has 3 rings (SSSR count). The number of aliphatic carboxylic acids is 1. The molecule has 1 amide bonds. The summed E-state index contributed by atoms with van der Waals surface area (Å²) < 4.78 is 11.9. The fourth-order valence-corrected chi connectivity index (χ4v) is 4.64. The number of carbonyl (C=O) groups is 2. The maximum atomic E-state index is 12.8. The lowest BCUT2D eigenvalue weighted by Gasteiger charge is -2.14. The Bertz CT molecular complexity index is 1060. The summed E-state index contributed by atoms with van der Waals surface area (Å²) in [5.41, 5.74) is 1.78. The zero-order valence-corrected chi connectivity index (χ0v) is 20.5. The molecule has 6 nitrogen and oxygen atoms in total. The molecular formula is C24H24ClNO5S2. The Balaban J connectivity index is 1.62. The summed E-state index contributed by atoms with van der Waals surface area (Å²) in [7, 11) is 1.57. The van der Waals surface area contributed by atoms with E-state index in [4.69, 9.17) is 38.4 Å². The molecule has 1 fully saturated rings. The highest BCUT2D eigenvalue weighted by atomic mass is 35.5. The third-order valence-electron chi connectivity index (χ3n) is 4.94. The molecular weight excluding hydrogens is 482 g/mol. The van der Waals surface area contributed by atoms with Crippen LogP contribution in [0.5, 0.6) is 11.5 Å². The number of ether oxygens (including phenoxy) is 2. The minimum absolute atomic E-state index is 0.134. The molecule has 9 heteroatoms. The van der Waals surface area contributed by atoms with Gasteiger partial charge in [0.05, 0.1) is 12.0 Å². The lowest BCUT2D eigenvalue weighted by atomic mass is 10.1. The lowest BCUT2D eigenvalue weighted by molar-refractivity contribution is -0.137. The normalized spacial score (nSPS) is 14.7. The Hall–Kier alpha value is -2.55. The molecule has 1 aliphatic rings. The van der Waals surface area contributed by atoms with Gasteiger partial charge in [0, 0.05) is 18.0 Å². The van der Waals surface area contributed by atoms with Gasteiger partial charge in [0.1, 0.15) is 10.9 Å². The Morgan fingerprint density at radius 2 is 1.91 bits per heavy atom. The predicted molar refractivity (Wildman–Crippen MR) is 135 cm³/mol. The van der Waals surface area contributed by atoms with Crippen molar-refractivity contribution in [2.75, 3.05) is 13.7 Å². The van der Waals surface area contributed by atoms with Gasteiger partial charge in [-0.15, -0.1) is 0 Å². The van der Waals surface area contributed by atoms with Crippen LogP contribution in [0.15, 0.2) is 47.4 Å². The summed E-state index contributed by atoms with van der Waals surface area (Å²) in [6, 6.07) is 12.9. The highest BCUT2D eigenvalue weighted by Gasteiger charge is 2.31. The standard InChI is InChI=1S/C24H24ClNO5S2/c1-30-20-13-17(8-11-19(20)31-15-16-6-9-18(25)10-7-16)14-21-23(29)26(24(32)33-21)12-4-2-3-5-22(27)28/h6-11,13-14H,2-5,12,15H2,1H3,(H,27,28). The van der Waals surface area contributed by atoms with Crippen molar-refractivity contribution in [3.8, 4) is 11.5 Å². The number of thiocarbonyl (C=S) groups is 1. The number of rotatable bonds is 11. The average molecular weight is 506 g/mol. The minimum atomic E-state index is -0.805. The molecule has 0 spiro atoms. The van der Waals surface area contributed by atoms with E-state index in [0.29, 0.717) is 51.7 Å². The van der Waals surface area contributed by atoms with Crippen LogP contribution in [0.1, 0.15) is 36.8 Å². The number of halogens is 1. The fourth-order valence-electron chi connectivity index (χ4n) is 3.20. The van der Waals surface area contributed by atoms with E-state index in [-0.39, 0.29) is 12.3 Å². The molecule has 1 saturated heterocycles. The third-order valence-corrected chi connectivity index (χ3v) is 6.57. The second-order valence-electron chi connectivity index (χ2n) is 7.36. The first-order chi connectivity index (χ1) is 15.9. The average Bonchev–Trinajstić information content (AvgIpc) is 3.05. The Morgan fingerprint density at radius 3 is 2.61 bits per heavy atom. The first-order valence-corrected chi connectivity index (χ1v) is 12.0. The fraction of sp³-hybridized carbons (Fsp3) is 0.292. The van der Waals surface area contributed by atoms with Crippen LogP contribution in [0.3, 0.4) is 0 Å². The van der Waals surface area contributed by atoms with Crippen molar-refractivity contribution >= 4 is 57.9 Å². The van der Waals surface area contributed by atoms with Crippen LogP contribution < -0.4 is 9.47 Å². The summed E-state index contributed by atoms with van der Waals surface area (Å²) in [6.07, 6.45) is 3.96. The largest absolute Gasteiger partial charge is 0.493 e. The predicted octanol–water partition coefficient (Wildman–Crippen LogP) is 5.77. The van der Waals surface area contributed by atoms with E-state index in [2.05, 4.69) is 0 Å². The van der Waals surface area contributed by atoms with Crippen molar-refractivity contribution < 1.29 is 24.2 Å². The zero-order chi connectivity index (χ0) is 23.8. The van der Waals surface area contributed by atoms with Gasteiger partial charge in [0.15, 0.2) is 11.5 Å². The van der Waals surface area contributed by atoms with Gasteiger partial charge in [-0.3, -0.25) is 14.5 Å². The van der Waals surface area contributed by atoms with Gasteiger partial charge < -0.3 is 14.6 Å². The van der Waals surface area contributed by atoms with Crippen molar-refractivity contribution in [1.29, 1.82) is 0 Å². The number of carboxylic acids is 1. The zero-order valence-electron chi connectivity index (χ0n) is 18.1. The monoisotopic (exact) mass is 505 g/mol. The summed E-state index contributed by atoms with van der Waals surface area (Å²) >= 11 is 12.6. The Labute approximate surface area is 207 Å². The first-order valence-electron chi connectivity index (χ1n) is 10.4. The Kier molecular flexibility index (Phi) is 9.17. The molecule has 0 unspecified atom stereocenters. The van der Waals surface area contributed by atoms with Gasteiger partial charge in [-0.2, -0.15) is 0 Å². The van der Waals surface area contributed by atoms with E-state index in [1.807, 2.05) is 42.5 Å². The van der Waals surface area contributed by atoms with E-state index in [0.717, 1.165) is 17.5 Å². The molecule has 33 heavy (non-hydrogen) atoms. The second-order valence-corrected chi connectivity index (χ2v) is 9.48. The number of carbonyl (C=O) groups excluding carboxylic acids is 1. The van der Waals surface area contributed by atoms with Crippen molar-refractivity contribution in [3.63, 3.8) is 0 Å². The molecule has 1 heterocycles. The van der Waals surface area contributed by atoms with E-state index in [9.17, 15) is 9.59 Å². The van der Waals surface area contributed by atoms with Gasteiger partial charge in [-0.25, -0.2) is 0 Å². The van der Waals surface area contributed by atoms with Crippen LogP contribution >= 0.6 is 35.6 Å². The van der Waals surface area contributed by atoms with Gasteiger partial charge in [0.25, 0.3) is 5.91 Å². The molecule has 0 aromatic heterocycles. The van der Waals surface area contributed by atoms with Crippen LogP contribution in [0, 0.1) is 0 Å². The lowest BCUT2D eigenvalue weighted by Crippen LogP contribution is -2.29. The Morgan fingerprint density at radius 1 is 1.15 bits per heavy atom. The van der Waals surface area contributed by atoms with E-state index < -0.39 is 5.97 Å². The summed E-state index contributed by atoms with van der Waals surface area (Å²) in [5, 5.41) is 9.38. The van der Waals surface area contributed by atoms with Gasteiger partial charge in [-0.05, 0) is 54.3 Å². The van der Waals surface area contributed by atoms with E-state index in [1.165, 1.54) is 11.8 Å². The quantitative estimate of drug-likeness (QED) is 0.236. The molecule has 0 bridgehead atoms. The number of hydrogen-bond donors (Lipinski definition) is 1. The van der Waals surface area contributed by atoms with E-state index >= 15 is 0 Å². The molecule has 0 atom stereocenters. The highest BCUT2D eigenvalue weighted by molar-refractivity contribution is 8.26. The highest BCUT2D eigenvalue weighted by Crippen LogP contribution is 2.35. The summed E-state index contributed by atoms with van der Waals surface area (Å²) in [4.78, 5) is 25.5. The smallest absolute Gasteiger partial charge is 0.303 e. The maximum absolute atomic E-state index is 12.8. The van der Waals surface area contributed by atoms with Crippen molar-refractivity contribution in [1.82, 2.24) is 4.90 Å². The number of hydrogen-bond acceptors (Lipinski definition) is 6. The van der Waals surface area contributed by atoms with Crippen molar-refractivity contribution in [2.24, 2.45) is 0 Å². The van der Waals surface area contributed by atoms with Crippen LogP contribution in [0.25, 0.3) is 6.08 Å². The van der Waals surface area contributed by atoms with Crippen molar-refractivity contribution in [2.45, 2.75) is 32.3 Å². The number of benzene rings is 2. The SMILES string of the molecule is COc1cc(C=C2SC(=S)N(CCCCCC(=O)O)C2=O)ccc1OCc1ccc(Cl)cc1. The summed E-state index contributed by atoms with van der Waals surface area (Å²) in [5.74, 6) is 0.218. The molecule has 1 aliphatic heterocycles. The molecule has 174 valence electrons. The van der Waals surface area contributed by atoms with E-state index in [1.54, 1.807) is 18.1 Å². The number of methoxy groups -OCH3 is 1. The van der Waals surface area contributed by atoms with Crippen LogP contribution in [0.2, 0.25) is 5.02 Å². The first kappa shape index (κ1) is 25.1. The second kappa shape index (κ2) is 12.1. The summed E-state index contributed by atoms with van der Waals surface area (Å²) in [6.45, 7) is 0.862. The van der Waals surface area contributed by atoms with Crippen LogP contribution in [-0.4, -0.2) is 39.9 Å². The maximum Gasteiger partial charge on any atom is 0.303 e. The molecule has 1 N–H and O–H groups in total. The topological polar surface area (TPSA) is 76.1 Å². The molecule has 0 radical (unpaired) electrons. The van der Waals surface area contributed by atoms with Gasteiger partial charge in [0.2, 0.25) is 0 Å². The number of unbranched alkanes of at least 4 members (excludes halogenated alkanes) is 2. The number of carboxylic acid groups (broad SMARTS) is 1. The van der Waals surface area contributed by atoms with Crippen LogP contribution in [-0.2, 0) is 16.2 Å².